The molecule has 1 aliphatic rings. The second-order valence-electron chi connectivity index (χ2n) is 5.99. The van der Waals surface area contributed by atoms with Crippen molar-refractivity contribution in [2.45, 2.75) is 19.4 Å². The van der Waals surface area contributed by atoms with Gasteiger partial charge in [-0.3, -0.25) is 0 Å². The molecule has 0 N–H and O–H groups in total. The Morgan fingerprint density at radius 1 is 1.04 bits per heavy atom. The van der Waals surface area contributed by atoms with Gasteiger partial charge in [-0.2, -0.15) is 5.10 Å². The van der Waals surface area contributed by atoms with Crippen LogP contribution < -0.4 is 0 Å². The second kappa shape index (κ2) is 6.93. The lowest BCUT2D eigenvalue weighted by Crippen LogP contribution is -2.24. The summed E-state index contributed by atoms with van der Waals surface area (Å²) in [5.41, 5.74) is 2.45. The maximum absolute atomic E-state index is 6.65. The maximum atomic E-state index is 6.65. The molecule has 2 aromatic heterocycles. The van der Waals surface area contributed by atoms with Gasteiger partial charge in [0.15, 0.2) is 5.65 Å². The third-order valence-electron chi connectivity index (χ3n) is 4.43. The molecule has 1 fully saturated rings. The molecule has 1 aliphatic heterocycles. The fourth-order valence-electron chi connectivity index (χ4n) is 3.15. The van der Waals surface area contributed by atoms with Gasteiger partial charge in [-0.05, 0) is 48.5 Å². The summed E-state index contributed by atoms with van der Waals surface area (Å²) in [5, 5.41) is 15.0. The van der Waals surface area contributed by atoms with Gasteiger partial charge in [0.05, 0.1) is 17.0 Å². The van der Waals surface area contributed by atoms with Crippen LogP contribution in [0.1, 0.15) is 12.8 Å². The minimum Gasteiger partial charge on any atom is -0.301 e. The van der Waals surface area contributed by atoms with Crippen molar-refractivity contribution >= 4 is 45.2 Å². The van der Waals surface area contributed by atoms with E-state index in [2.05, 4.69) is 42.8 Å². The molecule has 24 heavy (non-hydrogen) atoms. The van der Waals surface area contributed by atoms with Gasteiger partial charge < -0.3 is 4.90 Å². The zero-order valence-corrected chi connectivity index (χ0v) is 16.0. The monoisotopic (exact) mass is 453 g/mol. The Balaban J connectivity index is 1.70. The van der Waals surface area contributed by atoms with E-state index in [1.165, 1.54) is 25.9 Å². The van der Waals surface area contributed by atoms with Gasteiger partial charge in [0.2, 0.25) is 0 Å². The van der Waals surface area contributed by atoms with Crippen molar-refractivity contribution in [1.29, 1.82) is 0 Å². The van der Waals surface area contributed by atoms with Crippen LogP contribution in [-0.2, 0) is 6.54 Å². The molecule has 1 saturated heterocycles. The van der Waals surface area contributed by atoms with Crippen LogP contribution >= 0.6 is 34.2 Å². The lowest BCUT2D eigenvalue weighted by molar-refractivity contribution is 0.317. The van der Waals surface area contributed by atoms with Crippen LogP contribution in [0.25, 0.3) is 22.3 Å². The first-order valence-corrected chi connectivity index (χ1v) is 9.55. The lowest BCUT2D eigenvalue weighted by atomic mass is 10.1. The molecule has 0 aliphatic carbocycles. The molecular formula is C17H17ClIN5. The van der Waals surface area contributed by atoms with E-state index in [1.54, 1.807) is 0 Å². The van der Waals surface area contributed by atoms with E-state index in [4.69, 9.17) is 11.6 Å². The molecule has 4 rings (SSSR count). The van der Waals surface area contributed by atoms with Gasteiger partial charge in [-0.25, -0.2) is 4.68 Å². The highest BCUT2D eigenvalue weighted by Gasteiger charge is 2.19. The maximum Gasteiger partial charge on any atom is 0.183 e. The average Bonchev–Trinajstić information content (AvgIpc) is 3.22. The number of aromatic nitrogens is 4. The molecule has 3 heterocycles. The Hall–Kier alpha value is -1.25. The second-order valence-corrected chi connectivity index (χ2v) is 7.39. The Labute approximate surface area is 159 Å². The topological polar surface area (TPSA) is 46.8 Å². The number of hydrogen-bond acceptors (Lipinski definition) is 4. The van der Waals surface area contributed by atoms with Crippen molar-refractivity contribution in [3.63, 3.8) is 0 Å². The molecule has 0 spiro atoms. The van der Waals surface area contributed by atoms with E-state index in [9.17, 15) is 0 Å². The number of halogens is 2. The molecule has 0 unspecified atom stereocenters. The Kier molecular flexibility index (Phi) is 4.69. The van der Waals surface area contributed by atoms with Crippen molar-refractivity contribution in [3.8, 4) is 11.3 Å². The van der Waals surface area contributed by atoms with Gasteiger partial charge in [0, 0.05) is 12.1 Å². The Bertz CT molecular complexity index is 858. The van der Waals surface area contributed by atoms with E-state index in [0.29, 0.717) is 10.7 Å². The summed E-state index contributed by atoms with van der Waals surface area (Å²) < 4.78 is 2.81. The molecule has 1 aromatic carbocycles. The van der Waals surface area contributed by atoms with Crippen molar-refractivity contribution < 1.29 is 0 Å². The lowest BCUT2D eigenvalue weighted by Gasteiger charge is -2.14. The third-order valence-corrected chi connectivity index (χ3v) is 5.55. The highest BCUT2D eigenvalue weighted by atomic mass is 127. The SMILES string of the molecule is Clc1c(-c2ccccc2)nnc2c1c(I)nn2CCN1CCCC1. The molecule has 0 bridgehead atoms. The minimum atomic E-state index is 0.628. The summed E-state index contributed by atoms with van der Waals surface area (Å²) in [5.74, 6) is 0. The zero-order chi connectivity index (χ0) is 16.5. The molecular weight excluding hydrogens is 437 g/mol. The first kappa shape index (κ1) is 16.2. The fourth-order valence-corrected chi connectivity index (χ4v) is 4.41. The van der Waals surface area contributed by atoms with Crippen molar-refractivity contribution in [2.75, 3.05) is 19.6 Å². The quantitative estimate of drug-likeness (QED) is 0.563. The third kappa shape index (κ3) is 3.02. The molecule has 0 radical (unpaired) electrons. The molecule has 124 valence electrons. The van der Waals surface area contributed by atoms with Gasteiger partial charge in [-0.15, -0.1) is 10.2 Å². The van der Waals surface area contributed by atoms with Crippen LogP contribution in [-0.4, -0.2) is 44.5 Å². The molecule has 0 amide bonds. The van der Waals surface area contributed by atoms with Crippen molar-refractivity contribution in [1.82, 2.24) is 24.9 Å². The van der Waals surface area contributed by atoms with Gasteiger partial charge in [0.1, 0.15) is 9.39 Å². The molecule has 5 nitrogen and oxygen atoms in total. The summed E-state index contributed by atoms with van der Waals surface area (Å²) in [6.45, 7) is 4.17. The molecule has 0 saturated carbocycles. The predicted octanol–water partition coefficient (Wildman–Crippen LogP) is 3.85. The smallest absolute Gasteiger partial charge is 0.183 e. The fraction of sp³-hybridized carbons (Fsp3) is 0.353. The van der Waals surface area contributed by atoms with E-state index >= 15 is 0 Å². The standard InChI is InChI=1S/C17H17ClIN5/c18-14-13-16(19)22-24(11-10-23-8-4-5-9-23)17(13)21-20-15(14)12-6-2-1-3-7-12/h1-3,6-7H,4-5,8-11H2. The number of rotatable bonds is 4. The summed E-state index contributed by atoms with van der Waals surface area (Å²) in [6, 6.07) is 9.91. The van der Waals surface area contributed by atoms with Gasteiger partial charge >= 0.3 is 0 Å². The van der Waals surface area contributed by atoms with E-state index in [0.717, 1.165) is 33.4 Å². The van der Waals surface area contributed by atoms with Crippen LogP contribution in [0.2, 0.25) is 5.02 Å². The van der Waals surface area contributed by atoms with Crippen LogP contribution in [0.4, 0.5) is 0 Å². The van der Waals surface area contributed by atoms with Crippen LogP contribution in [0.3, 0.4) is 0 Å². The summed E-state index contributed by atoms with van der Waals surface area (Å²) in [7, 11) is 0. The Morgan fingerprint density at radius 2 is 1.79 bits per heavy atom. The predicted molar refractivity (Wildman–Crippen MR) is 104 cm³/mol. The zero-order valence-electron chi connectivity index (χ0n) is 13.1. The first-order chi connectivity index (χ1) is 11.7. The number of fused-ring (bicyclic) bond motifs is 1. The molecule has 3 aromatic rings. The number of likely N-dealkylation sites (tertiary alicyclic amines) is 1. The minimum absolute atomic E-state index is 0.628. The summed E-state index contributed by atoms with van der Waals surface area (Å²) in [6.07, 6.45) is 2.59. The average molecular weight is 454 g/mol. The van der Waals surface area contributed by atoms with Crippen LogP contribution in [0.5, 0.6) is 0 Å². The molecule has 7 heteroatoms. The van der Waals surface area contributed by atoms with E-state index in [-0.39, 0.29) is 0 Å². The number of nitrogens with zero attached hydrogens (tertiary/aromatic N) is 5. The van der Waals surface area contributed by atoms with E-state index < -0.39 is 0 Å². The number of hydrogen-bond donors (Lipinski definition) is 0. The van der Waals surface area contributed by atoms with Crippen molar-refractivity contribution in [3.05, 3.63) is 39.1 Å². The first-order valence-electron chi connectivity index (χ1n) is 8.10. The summed E-state index contributed by atoms with van der Waals surface area (Å²) >= 11 is 8.88. The highest BCUT2D eigenvalue weighted by molar-refractivity contribution is 14.1. The van der Waals surface area contributed by atoms with Crippen molar-refractivity contribution in [2.24, 2.45) is 0 Å². The summed E-state index contributed by atoms with van der Waals surface area (Å²) in [4.78, 5) is 2.47. The largest absolute Gasteiger partial charge is 0.301 e. The van der Waals surface area contributed by atoms with Gasteiger partial charge in [-0.1, -0.05) is 41.9 Å². The van der Waals surface area contributed by atoms with Crippen LogP contribution in [0, 0.1) is 3.70 Å². The Morgan fingerprint density at radius 3 is 2.54 bits per heavy atom. The highest BCUT2D eigenvalue weighted by Crippen LogP contribution is 2.33. The normalized spacial score (nSPS) is 15.4. The van der Waals surface area contributed by atoms with E-state index in [1.807, 2.05) is 35.0 Å². The van der Waals surface area contributed by atoms with Crippen LogP contribution in [0.15, 0.2) is 30.3 Å². The van der Waals surface area contributed by atoms with Gasteiger partial charge in [0.25, 0.3) is 0 Å². The number of benzene rings is 1. The molecule has 0 atom stereocenters.